The standard InChI is InChI=1S/C14H24N2O4/c1-2-14(5-7-15-8-6-14)13(19)16-9-10-3-4-11(20-10)12(17)18/h10-11,15H,2-9H2,1H3,(H,16,19)(H,17,18). The Morgan fingerprint density at radius 2 is 2.05 bits per heavy atom. The number of hydrogen-bond acceptors (Lipinski definition) is 4. The van der Waals surface area contributed by atoms with Gasteiger partial charge in [-0.3, -0.25) is 4.79 Å². The molecule has 0 aromatic heterocycles. The van der Waals surface area contributed by atoms with Crippen molar-refractivity contribution in [3.63, 3.8) is 0 Å². The Hall–Kier alpha value is -1.14. The maximum atomic E-state index is 12.4. The SMILES string of the molecule is CCC1(C(=O)NCC2CCC(C(=O)O)O2)CCNCC1. The summed E-state index contributed by atoms with van der Waals surface area (Å²) in [7, 11) is 0. The van der Waals surface area contributed by atoms with Crippen LogP contribution >= 0.6 is 0 Å². The zero-order valence-electron chi connectivity index (χ0n) is 12.0. The number of carbonyl (C=O) groups excluding carboxylic acids is 1. The van der Waals surface area contributed by atoms with Gasteiger partial charge in [0, 0.05) is 6.54 Å². The molecule has 2 fully saturated rings. The van der Waals surface area contributed by atoms with Crippen LogP contribution < -0.4 is 10.6 Å². The van der Waals surface area contributed by atoms with Crippen molar-refractivity contribution in [3.8, 4) is 0 Å². The fourth-order valence-corrected chi connectivity index (χ4v) is 3.08. The number of ether oxygens (including phenoxy) is 1. The lowest BCUT2D eigenvalue weighted by Gasteiger charge is -2.35. The van der Waals surface area contributed by atoms with Gasteiger partial charge in [0.1, 0.15) is 0 Å². The first-order valence-corrected chi connectivity index (χ1v) is 7.45. The summed E-state index contributed by atoms with van der Waals surface area (Å²) < 4.78 is 5.40. The minimum absolute atomic E-state index is 0.0869. The largest absolute Gasteiger partial charge is 0.479 e. The summed E-state index contributed by atoms with van der Waals surface area (Å²) in [5.41, 5.74) is -0.268. The Morgan fingerprint density at radius 3 is 2.60 bits per heavy atom. The second kappa shape index (κ2) is 6.54. The van der Waals surface area contributed by atoms with Gasteiger partial charge in [-0.15, -0.1) is 0 Å². The van der Waals surface area contributed by atoms with Gasteiger partial charge < -0.3 is 20.5 Å². The molecular weight excluding hydrogens is 260 g/mol. The highest BCUT2D eigenvalue weighted by Gasteiger charge is 2.38. The summed E-state index contributed by atoms with van der Waals surface area (Å²) in [6.07, 6.45) is 2.89. The van der Waals surface area contributed by atoms with Crippen LogP contribution in [0.4, 0.5) is 0 Å². The van der Waals surface area contributed by atoms with Gasteiger partial charge in [-0.1, -0.05) is 6.92 Å². The molecule has 0 aromatic rings. The molecule has 0 spiro atoms. The summed E-state index contributed by atoms with van der Waals surface area (Å²) in [6, 6.07) is 0. The third kappa shape index (κ3) is 3.30. The van der Waals surface area contributed by atoms with Crippen molar-refractivity contribution in [2.45, 2.75) is 51.2 Å². The molecule has 2 aliphatic heterocycles. The smallest absolute Gasteiger partial charge is 0.332 e. The van der Waals surface area contributed by atoms with E-state index in [0.717, 1.165) is 32.4 Å². The highest BCUT2D eigenvalue weighted by Crippen LogP contribution is 2.32. The van der Waals surface area contributed by atoms with Gasteiger partial charge in [-0.05, 0) is 45.2 Å². The number of aliphatic carboxylic acids is 1. The van der Waals surface area contributed by atoms with Crippen molar-refractivity contribution in [2.75, 3.05) is 19.6 Å². The molecule has 1 amide bonds. The van der Waals surface area contributed by atoms with E-state index in [4.69, 9.17) is 9.84 Å². The molecule has 2 aliphatic rings. The van der Waals surface area contributed by atoms with Gasteiger partial charge >= 0.3 is 5.97 Å². The van der Waals surface area contributed by atoms with E-state index in [1.54, 1.807) is 0 Å². The van der Waals surface area contributed by atoms with Gasteiger partial charge in [-0.25, -0.2) is 4.79 Å². The molecule has 2 unspecified atom stereocenters. The Morgan fingerprint density at radius 1 is 1.35 bits per heavy atom. The van der Waals surface area contributed by atoms with E-state index in [1.807, 2.05) is 0 Å². The molecule has 2 saturated heterocycles. The predicted molar refractivity (Wildman–Crippen MR) is 73.4 cm³/mol. The molecule has 0 saturated carbocycles. The quantitative estimate of drug-likeness (QED) is 0.685. The third-order valence-corrected chi connectivity index (χ3v) is 4.59. The minimum atomic E-state index is -0.915. The van der Waals surface area contributed by atoms with Crippen LogP contribution in [0.25, 0.3) is 0 Å². The molecule has 2 atom stereocenters. The van der Waals surface area contributed by atoms with E-state index < -0.39 is 12.1 Å². The number of amides is 1. The van der Waals surface area contributed by atoms with Crippen LogP contribution in [0.5, 0.6) is 0 Å². The Balaban J connectivity index is 1.81. The average Bonchev–Trinajstić information content (AvgIpc) is 2.94. The third-order valence-electron chi connectivity index (χ3n) is 4.59. The Labute approximate surface area is 119 Å². The van der Waals surface area contributed by atoms with Gasteiger partial charge in [-0.2, -0.15) is 0 Å². The van der Waals surface area contributed by atoms with E-state index in [0.29, 0.717) is 19.4 Å². The normalized spacial score (nSPS) is 29.1. The van der Waals surface area contributed by atoms with Crippen molar-refractivity contribution >= 4 is 11.9 Å². The summed E-state index contributed by atoms with van der Waals surface area (Å²) in [6.45, 7) is 4.22. The van der Waals surface area contributed by atoms with Crippen molar-refractivity contribution < 1.29 is 19.4 Å². The molecule has 0 radical (unpaired) electrons. The van der Waals surface area contributed by atoms with Crippen molar-refractivity contribution in [3.05, 3.63) is 0 Å². The maximum Gasteiger partial charge on any atom is 0.332 e. The first kappa shape index (κ1) is 15.3. The van der Waals surface area contributed by atoms with Crippen LogP contribution in [0, 0.1) is 5.41 Å². The summed E-state index contributed by atoms with van der Waals surface area (Å²) in [5.74, 6) is -0.828. The average molecular weight is 284 g/mol. The number of hydrogen-bond donors (Lipinski definition) is 3. The summed E-state index contributed by atoms with van der Waals surface area (Å²) in [4.78, 5) is 23.2. The zero-order valence-corrected chi connectivity index (χ0v) is 12.0. The van der Waals surface area contributed by atoms with Crippen LogP contribution in [0.15, 0.2) is 0 Å². The Kier molecular flexibility index (Phi) is 4.99. The number of carbonyl (C=O) groups is 2. The lowest BCUT2D eigenvalue weighted by Crippen LogP contribution is -2.48. The topological polar surface area (TPSA) is 87.7 Å². The summed E-state index contributed by atoms with van der Waals surface area (Å²) >= 11 is 0. The molecule has 2 rings (SSSR count). The first-order valence-electron chi connectivity index (χ1n) is 7.45. The first-order chi connectivity index (χ1) is 9.57. The fourth-order valence-electron chi connectivity index (χ4n) is 3.08. The molecule has 20 heavy (non-hydrogen) atoms. The predicted octanol–water partition coefficient (Wildman–Crippen LogP) is 0.515. The van der Waals surface area contributed by atoms with Crippen LogP contribution in [-0.2, 0) is 14.3 Å². The van der Waals surface area contributed by atoms with Crippen molar-refractivity contribution in [2.24, 2.45) is 5.41 Å². The van der Waals surface area contributed by atoms with Crippen LogP contribution in [0.1, 0.15) is 39.0 Å². The molecule has 2 heterocycles. The molecule has 3 N–H and O–H groups in total. The van der Waals surface area contributed by atoms with Crippen LogP contribution in [-0.4, -0.2) is 48.8 Å². The summed E-state index contributed by atoms with van der Waals surface area (Å²) in [5, 5.41) is 15.1. The van der Waals surface area contributed by atoms with Gasteiger partial charge in [0.25, 0.3) is 0 Å². The monoisotopic (exact) mass is 284 g/mol. The zero-order chi connectivity index (χ0) is 14.6. The van der Waals surface area contributed by atoms with Gasteiger partial charge in [0.05, 0.1) is 11.5 Å². The number of rotatable bonds is 5. The molecule has 114 valence electrons. The molecule has 6 nitrogen and oxygen atoms in total. The van der Waals surface area contributed by atoms with Crippen molar-refractivity contribution in [1.29, 1.82) is 0 Å². The highest BCUT2D eigenvalue weighted by atomic mass is 16.5. The Bertz CT molecular complexity index is 366. The molecule has 0 aliphatic carbocycles. The van der Waals surface area contributed by atoms with Crippen molar-refractivity contribution in [1.82, 2.24) is 10.6 Å². The van der Waals surface area contributed by atoms with Crippen LogP contribution in [0.3, 0.4) is 0 Å². The molecule has 6 heteroatoms. The lowest BCUT2D eigenvalue weighted by molar-refractivity contribution is -0.149. The number of nitrogens with one attached hydrogen (secondary N) is 2. The highest BCUT2D eigenvalue weighted by molar-refractivity contribution is 5.82. The molecule has 0 bridgehead atoms. The van der Waals surface area contributed by atoms with Gasteiger partial charge in [0.2, 0.25) is 5.91 Å². The van der Waals surface area contributed by atoms with Crippen LogP contribution in [0.2, 0.25) is 0 Å². The second-order valence-corrected chi connectivity index (χ2v) is 5.76. The van der Waals surface area contributed by atoms with E-state index in [-0.39, 0.29) is 17.4 Å². The minimum Gasteiger partial charge on any atom is -0.479 e. The fraction of sp³-hybridized carbons (Fsp3) is 0.857. The second-order valence-electron chi connectivity index (χ2n) is 5.76. The lowest BCUT2D eigenvalue weighted by atomic mass is 9.76. The number of carboxylic acid groups (broad SMARTS) is 1. The molecule has 0 aromatic carbocycles. The van der Waals surface area contributed by atoms with E-state index in [9.17, 15) is 9.59 Å². The molecular formula is C14H24N2O4. The van der Waals surface area contributed by atoms with E-state index >= 15 is 0 Å². The maximum absolute atomic E-state index is 12.4. The number of piperidine rings is 1. The van der Waals surface area contributed by atoms with E-state index in [1.165, 1.54) is 0 Å². The van der Waals surface area contributed by atoms with Gasteiger partial charge in [0.15, 0.2) is 6.10 Å². The number of carboxylic acids is 1. The van der Waals surface area contributed by atoms with E-state index in [2.05, 4.69) is 17.6 Å².